The number of rotatable bonds is 2. The molecule has 0 fully saturated rings. The summed E-state index contributed by atoms with van der Waals surface area (Å²) in [6, 6.07) is 11.2. The van der Waals surface area contributed by atoms with E-state index in [-0.39, 0.29) is 22.5 Å². The molecule has 0 spiro atoms. The van der Waals surface area contributed by atoms with E-state index in [1.807, 2.05) is 0 Å². The van der Waals surface area contributed by atoms with E-state index < -0.39 is 23.6 Å². The second-order valence-corrected chi connectivity index (χ2v) is 5.12. The third-order valence-corrected chi connectivity index (χ3v) is 3.61. The molecule has 4 rings (SSSR count). The molecule has 0 unspecified atom stereocenters. The minimum atomic E-state index is -1.03. The summed E-state index contributed by atoms with van der Waals surface area (Å²) in [5.41, 5.74) is 0.592. The number of amides is 2. The molecule has 1 aliphatic rings. The highest BCUT2D eigenvalue weighted by atomic mass is 19.1. The van der Waals surface area contributed by atoms with Crippen molar-refractivity contribution in [2.24, 2.45) is 0 Å². The van der Waals surface area contributed by atoms with Crippen molar-refractivity contribution in [2.75, 3.05) is 0 Å². The molecule has 2 amide bonds. The molecule has 0 saturated heterocycles. The average Bonchev–Trinajstić information content (AvgIpc) is 3.10. The summed E-state index contributed by atoms with van der Waals surface area (Å²) in [5, 5.41) is 0.755. The summed E-state index contributed by atoms with van der Waals surface area (Å²) in [7, 11) is 0. The average molecular weight is 325 g/mol. The van der Waals surface area contributed by atoms with Crippen molar-refractivity contribution in [2.45, 2.75) is 0 Å². The van der Waals surface area contributed by atoms with Crippen LogP contribution in [0, 0.1) is 5.82 Å². The van der Waals surface area contributed by atoms with Crippen LogP contribution in [0.1, 0.15) is 31.3 Å². The number of fused-ring (bicyclic) bond motifs is 2. The van der Waals surface area contributed by atoms with Crippen LogP contribution in [0.15, 0.2) is 52.9 Å². The summed E-state index contributed by atoms with van der Waals surface area (Å²) in [6.45, 7) is 0. The van der Waals surface area contributed by atoms with Crippen LogP contribution in [0.4, 0.5) is 4.39 Å². The number of imide groups is 1. The minimum absolute atomic E-state index is 0.155. The number of benzene rings is 2. The van der Waals surface area contributed by atoms with Crippen molar-refractivity contribution in [3.05, 3.63) is 71.2 Å². The SMILES string of the molecule is O=C(ON1C(=O)c2ccccc2C1=O)c1cc2cc(F)ccc2o1. The molecule has 1 aliphatic heterocycles. The van der Waals surface area contributed by atoms with Gasteiger partial charge < -0.3 is 9.25 Å². The van der Waals surface area contributed by atoms with Gasteiger partial charge in [0.25, 0.3) is 11.8 Å². The maximum atomic E-state index is 13.2. The highest BCUT2D eigenvalue weighted by Gasteiger charge is 2.39. The van der Waals surface area contributed by atoms with Gasteiger partial charge in [-0.1, -0.05) is 17.2 Å². The summed E-state index contributed by atoms with van der Waals surface area (Å²) in [4.78, 5) is 41.3. The standard InChI is InChI=1S/C17H8FNO5/c18-10-5-6-13-9(7-10)8-14(23-13)17(22)24-19-15(20)11-3-1-2-4-12(11)16(19)21/h1-8H. The Bertz CT molecular complexity index is 988. The Labute approximate surface area is 134 Å². The van der Waals surface area contributed by atoms with Crippen molar-refractivity contribution in [3.63, 3.8) is 0 Å². The molecule has 0 radical (unpaired) electrons. The van der Waals surface area contributed by atoms with E-state index in [9.17, 15) is 18.8 Å². The summed E-state index contributed by atoms with van der Waals surface area (Å²) >= 11 is 0. The highest BCUT2D eigenvalue weighted by molar-refractivity contribution is 6.21. The zero-order valence-electron chi connectivity index (χ0n) is 12.0. The first kappa shape index (κ1) is 14.1. The van der Waals surface area contributed by atoms with E-state index in [1.165, 1.54) is 36.4 Å². The summed E-state index contributed by atoms with van der Waals surface area (Å²) < 4.78 is 18.4. The molecule has 2 aromatic carbocycles. The molecular weight excluding hydrogens is 317 g/mol. The molecule has 7 heteroatoms. The Morgan fingerprint density at radius 3 is 2.33 bits per heavy atom. The van der Waals surface area contributed by atoms with Gasteiger partial charge in [0.05, 0.1) is 11.1 Å². The molecule has 3 aromatic rings. The molecule has 2 heterocycles. The first-order valence-electron chi connectivity index (χ1n) is 6.94. The zero-order valence-corrected chi connectivity index (χ0v) is 12.0. The molecule has 0 atom stereocenters. The Hall–Kier alpha value is -3.48. The first-order chi connectivity index (χ1) is 11.5. The van der Waals surface area contributed by atoms with E-state index in [0.29, 0.717) is 10.4 Å². The molecule has 1 aromatic heterocycles. The minimum Gasteiger partial charge on any atom is -0.449 e. The fourth-order valence-corrected chi connectivity index (χ4v) is 2.49. The third-order valence-electron chi connectivity index (χ3n) is 3.61. The van der Waals surface area contributed by atoms with Crippen LogP contribution in [0.25, 0.3) is 11.0 Å². The van der Waals surface area contributed by atoms with Crippen LogP contribution in [0.5, 0.6) is 0 Å². The number of carbonyl (C=O) groups is 3. The van der Waals surface area contributed by atoms with E-state index >= 15 is 0 Å². The second-order valence-electron chi connectivity index (χ2n) is 5.12. The Balaban J connectivity index is 1.62. The Morgan fingerprint density at radius 1 is 1.00 bits per heavy atom. The van der Waals surface area contributed by atoms with E-state index in [0.717, 1.165) is 0 Å². The normalized spacial score (nSPS) is 13.5. The smallest absolute Gasteiger partial charge is 0.399 e. The fraction of sp³-hybridized carbons (Fsp3) is 0. The van der Waals surface area contributed by atoms with Crippen LogP contribution in [0.2, 0.25) is 0 Å². The van der Waals surface area contributed by atoms with Gasteiger partial charge in [0.15, 0.2) is 0 Å². The first-order valence-corrected chi connectivity index (χ1v) is 6.94. The van der Waals surface area contributed by atoms with E-state index in [1.54, 1.807) is 12.1 Å². The molecule has 6 nitrogen and oxygen atoms in total. The van der Waals surface area contributed by atoms with Gasteiger partial charge in [-0.25, -0.2) is 9.18 Å². The predicted molar refractivity (Wildman–Crippen MR) is 78.5 cm³/mol. The lowest BCUT2D eigenvalue weighted by atomic mass is 10.1. The molecule has 0 aliphatic carbocycles. The van der Waals surface area contributed by atoms with Crippen molar-refractivity contribution >= 4 is 28.8 Å². The van der Waals surface area contributed by atoms with Crippen LogP contribution in [-0.2, 0) is 4.84 Å². The number of hydrogen-bond acceptors (Lipinski definition) is 5. The molecule has 0 N–H and O–H groups in total. The monoisotopic (exact) mass is 325 g/mol. The van der Waals surface area contributed by atoms with Gasteiger partial charge in [0.2, 0.25) is 5.76 Å². The quantitative estimate of drug-likeness (QED) is 0.677. The number of furan rings is 1. The topological polar surface area (TPSA) is 76.8 Å². The number of halogens is 1. The molecule has 0 saturated carbocycles. The van der Waals surface area contributed by atoms with Crippen LogP contribution in [0.3, 0.4) is 0 Å². The van der Waals surface area contributed by atoms with Gasteiger partial charge in [-0.05, 0) is 36.4 Å². The second kappa shape index (κ2) is 5.02. The number of hydroxylamine groups is 2. The maximum Gasteiger partial charge on any atom is 0.399 e. The van der Waals surface area contributed by atoms with Gasteiger partial charge in [0.1, 0.15) is 11.4 Å². The van der Waals surface area contributed by atoms with Gasteiger partial charge in [-0.3, -0.25) is 9.59 Å². The van der Waals surface area contributed by atoms with Crippen molar-refractivity contribution in [1.82, 2.24) is 5.06 Å². The lowest BCUT2D eigenvalue weighted by Gasteiger charge is -2.11. The van der Waals surface area contributed by atoms with Crippen LogP contribution < -0.4 is 0 Å². The molecule has 0 bridgehead atoms. The van der Waals surface area contributed by atoms with E-state index in [4.69, 9.17) is 9.25 Å². The highest BCUT2D eigenvalue weighted by Crippen LogP contribution is 2.25. The zero-order chi connectivity index (χ0) is 16.8. The molecular formula is C17H8FNO5. The van der Waals surface area contributed by atoms with Crippen LogP contribution >= 0.6 is 0 Å². The Morgan fingerprint density at radius 2 is 1.67 bits per heavy atom. The molecule has 118 valence electrons. The lowest BCUT2D eigenvalue weighted by molar-refractivity contribution is -0.0602. The van der Waals surface area contributed by atoms with Gasteiger partial charge in [-0.15, -0.1) is 0 Å². The van der Waals surface area contributed by atoms with Crippen molar-refractivity contribution in [1.29, 1.82) is 0 Å². The largest absolute Gasteiger partial charge is 0.449 e. The third kappa shape index (κ3) is 2.06. The number of hydrogen-bond donors (Lipinski definition) is 0. The van der Waals surface area contributed by atoms with Gasteiger partial charge in [-0.2, -0.15) is 0 Å². The Kier molecular flexibility index (Phi) is 2.96. The lowest BCUT2D eigenvalue weighted by Crippen LogP contribution is -2.32. The summed E-state index contributed by atoms with van der Waals surface area (Å²) in [5.74, 6) is -3.21. The predicted octanol–water partition coefficient (Wildman–Crippen LogP) is 2.94. The fourth-order valence-electron chi connectivity index (χ4n) is 2.49. The number of carbonyl (C=O) groups excluding carboxylic acids is 3. The van der Waals surface area contributed by atoms with Crippen molar-refractivity contribution < 1.29 is 28.0 Å². The van der Waals surface area contributed by atoms with Gasteiger partial charge in [0, 0.05) is 5.39 Å². The van der Waals surface area contributed by atoms with Crippen LogP contribution in [-0.4, -0.2) is 22.8 Å². The van der Waals surface area contributed by atoms with Gasteiger partial charge >= 0.3 is 5.97 Å². The van der Waals surface area contributed by atoms with E-state index in [2.05, 4.69) is 0 Å². The summed E-state index contributed by atoms with van der Waals surface area (Å²) in [6.07, 6.45) is 0. The number of nitrogens with zero attached hydrogens (tertiary/aromatic N) is 1. The molecule has 24 heavy (non-hydrogen) atoms. The maximum absolute atomic E-state index is 13.2. The van der Waals surface area contributed by atoms with Crippen molar-refractivity contribution in [3.8, 4) is 0 Å².